The molecule has 1 aliphatic rings. The highest BCUT2D eigenvalue weighted by molar-refractivity contribution is 8.01. The van der Waals surface area contributed by atoms with E-state index in [9.17, 15) is 9.59 Å². The van der Waals surface area contributed by atoms with Gasteiger partial charge in [-0.15, -0.1) is 10.2 Å². The third-order valence-electron chi connectivity index (χ3n) is 3.71. The summed E-state index contributed by atoms with van der Waals surface area (Å²) in [5, 5.41) is 11.2. The molecular formula is C16H26N4O3S2. The maximum absolute atomic E-state index is 12.3. The zero-order valence-corrected chi connectivity index (χ0v) is 16.6. The van der Waals surface area contributed by atoms with Crippen molar-refractivity contribution in [3.05, 3.63) is 0 Å². The second-order valence-corrected chi connectivity index (χ2v) is 8.50. The summed E-state index contributed by atoms with van der Waals surface area (Å²) < 4.78 is 6.48. The molecule has 1 aliphatic heterocycles. The maximum Gasteiger partial charge on any atom is 0.226 e. The number of anilines is 1. The van der Waals surface area contributed by atoms with E-state index in [1.165, 1.54) is 11.3 Å². The van der Waals surface area contributed by atoms with Gasteiger partial charge in [0.25, 0.3) is 0 Å². The standard InChI is InChI=1S/C16H26N4O3S2/c1-4-5-8-24-16-19-18-15(25-16)17-13(21)6-7-14(22)20-9-11(2)23-12(3)10-20/h11-12H,4-10H2,1-3H3,(H,17,18,21). The fourth-order valence-corrected chi connectivity index (χ4v) is 4.49. The Balaban J connectivity index is 1.72. The number of nitrogens with one attached hydrogen (secondary N) is 1. The number of nitrogens with zero attached hydrogens (tertiary/aromatic N) is 3. The molecule has 1 N–H and O–H groups in total. The highest BCUT2D eigenvalue weighted by Gasteiger charge is 2.25. The van der Waals surface area contributed by atoms with Crippen molar-refractivity contribution in [3.63, 3.8) is 0 Å². The van der Waals surface area contributed by atoms with Crippen LogP contribution in [0.25, 0.3) is 0 Å². The van der Waals surface area contributed by atoms with Crippen LogP contribution < -0.4 is 5.32 Å². The summed E-state index contributed by atoms with van der Waals surface area (Å²) in [6.45, 7) is 7.22. The molecule has 0 radical (unpaired) electrons. The Morgan fingerprint density at radius 1 is 1.28 bits per heavy atom. The van der Waals surface area contributed by atoms with E-state index in [4.69, 9.17) is 4.74 Å². The topological polar surface area (TPSA) is 84.4 Å². The quantitative estimate of drug-likeness (QED) is 0.420. The lowest BCUT2D eigenvalue weighted by Crippen LogP contribution is -2.48. The van der Waals surface area contributed by atoms with E-state index in [-0.39, 0.29) is 36.9 Å². The summed E-state index contributed by atoms with van der Waals surface area (Å²) >= 11 is 3.02. The molecule has 0 bridgehead atoms. The smallest absolute Gasteiger partial charge is 0.226 e. The number of unbranched alkanes of at least 4 members (excludes halogenated alkanes) is 1. The van der Waals surface area contributed by atoms with Crippen LogP contribution in [0.15, 0.2) is 4.34 Å². The Morgan fingerprint density at radius 2 is 2.00 bits per heavy atom. The Morgan fingerprint density at radius 3 is 2.68 bits per heavy atom. The zero-order valence-electron chi connectivity index (χ0n) is 15.0. The van der Waals surface area contributed by atoms with Crippen molar-refractivity contribution < 1.29 is 14.3 Å². The van der Waals surface area contributed by atoms with Gasteiger partial charge in [-0.25, -0.2) is 0 Å². The maximum atomic E-state index is 12.3. The van der Waals surface area contributed by atoms with E-state index in [1.54, 1.807) is 16.7 Å². The Hall–Kier alpha value is -1.19. The van der Waals surface area contributed by atoms with Crippen molar-refractivity contribution in [2.45, 2.75) is 63.0 Å². The minimum Gasteiger partial charge on any atom is -0.372 e. The summed E-state index contributed by atoms with van der Waals surface area (Å²) in [6, 6.07) is 0. The predicted octanol–water partition coefficient (Wildman–Crippen LogP) is 2.78. The minimum absolute atomic E-state index is 0.00905. The van der Waals surface area contributed by atoms with Crippen LogP contribution in [-0.4, -0.2) is 58.0 Å². The van der Waals surface area contributed by atoms with E-state index in [1.807, 2.05) is 13.8 Å². The molecule has 2 heterocycles. The molecule has 0 saturated carbocycles. The van der Waals surface area contributed by atoms with Crippen LogP contribution in [0.1, 0.15) is 46.5 Å². The third-order valence-corrected chi connectivity index (χ3v) is 5.77. The van der Waals surface area contributed by atoms with Crippen molar-refractivity contribution in [1.29, 1.82) is 0 Å². The molecule has 2 unspecified atom stereocenters. The van der Waals surface area contributed by atoms with Crippen LogP contribution in [0.2, 0.25) is 0 Å². The lowest BCUT2D eigenvalue weighted by Gasteiger charge is -2.35. The first kappa shape index (κ1) is 20.1. The summed E-state index contributed by atoms with van der Waals surface area (Å²) in [5.74, 6) is 0.790. The average molecular weight is 387 g/mol. The normalized spacial score (nSPS) is 20.5. The van der Waals surface area contributed by atoms with Crippen molar-refractivity contribution >= 4 is 40.0 Å². The van der Waals surface area contributed by atoms with Crippen LogP contribution >= 0.6 is 23.1 Å². The molecule has 1 aromatic heterocycles. The minimum atomic E-state index is -0.205. The van der Waals surface area contributed by atoms with Gasteiger partial charge in [0, 0.05) is 31.7 Å². The van der Waals surface area contributed by atoms with Gasteiger partial charge in [0.05, 0.1) is 12.2 Å². The van der Waals surface area contributed by atoms with Crippen LogP contribution in [0, 0.1) is 0 Å². The number of ether oxygens (including phenoxy) is 1. The van der Waals surface area contributed by atoms with E-state index in [0.717, 1.165) is 22.9 Å². The van der Waals surface area contributed by atoms with Crippen LogP contribution in [0.5, 0.6) is 0 Å². The summed E-state index contributed by atoms with van der Waals surface area (Å²) in [4.78, 5) is 26.1. The Bertz CT molecular complexity index is 571. The van der Waals surface area contributed by atoms with Gasteiger partial charge in [0.15, 0.2) is 4.34 Å². The fraction of sp³-hybridized carbons (Fsp3) is 0.750. The largest absolute Gasteiger partial charge is 0.372 e. The summed E-state index contributed by atoms with van der Waals surface area (Å²) in [6.07, 6.45) is 2.69. The molecule has 1 aromatic rings. The van der Waals surface area contributed by atoms with Gasteiger partial charge in [-0.3, -0.25) is 9.59 Å². The van der Waals surface area contributed by atoms with Gasteiger partial charge in [-0.05, 0) is 20.3 Å². The van der Waals surface area contributed by atoms with E-state index in [2.05, 4.69) is 22.4 Å². The number of rotatable bonds is 8. The van der Waals surface area contributed by atoms with E-state index >= 15 is 0 Å². The first-order valence-electron chi connectivity index (χ1n) is 8.67. The molecule has 25 heavy (non-hydrogen) atoms. The van der Waals surface area contributed by atoms with E-state index < -0.39 is 0 Å². The summed E-state index contributed by atoms with van der Waals surface area (Å²) in [5.41, 5.74) is 0. The Labute approximate surface area is 156 Å². The lowest BCUT2D eigenvalue weighted by atomic mass is 10.2. The molecule has 0 aliphatic carbocycles. The van der Waals surface area contributed by atoms with Gasteiger partial charge < -0.3 is 15.0 Å². The number of thioether (sulfide) groups is 1. The van der Waals surface area contributed by atoms with Crippen molar-refractivity contribution in [2.75, 3.05) is 24.2 Å². The van der Waals surface area contributed by atoms with Gasteiger partial charge in [-0.1, -0.05) is 36.4 Å². The van der Waals surface area contributed by atoms with Gasteiger partial charge in [-0.2, -0.15) is 0 Å². The lowest BCUT2D eigenvalue weighted by molar-refractivity contribution is -0.144. The molecule has 0 aromatic carbocycles. The molecule has 1 saturated heterocycles. The number of hydrogen-bond acceptors (Lipinski definition) is 7. The molecule has 0 spiro atoms. The van der Waals surface area contributed by atoms with Crippen molar-refractivity contribution in [2.24, 2.45) is 0 Å². The van der Waals surface area contributed by atoms with Crippen LogP contribution in [0.4, 0.5) is 5.13 Å². The van der Waals surface area contributed by atoms with Gasteiger partial charge in [0.2, 0.25) is 16.9 Å². The highest BCUT2D eigenvalue weighted by atomic mass is 32.2. The van der Waals surface area contributed by atoms with Crippen LogP contribution in [-0.2, 0) is 14.3 Å². The molecule has 2 rings (SSSR count). The molecule has 2 atom stereocenters. The van der Waals surface area contributed by atoms with Gasteiger partial charge in [0.1, 0.15) is 0 Å². The SMILES string of the molecule is CCCCSc1nnc(NC(=O)CCC(=O)N2CC(C)OC(C)C2)s1. The molecule has 140 valence electrons. The highest BCUT2D eigenvalue weighted by Crippen LogP contribution is 2.26. The second-order valence-electron chi connectivity index (χ2n) is 6.18. The van der Waals surface area contributed by atoms with Crippen molar-refractivity contribution in [3.8, 4) is 0 Å². The first-order chi connectivity index (χ1) is 12.0. The molecule has 1 fully saturated rings. The average Bonchev–Trinajstić information content (AvgIpc) is 2.99. The number of carbonyl (C=O) groups excluding carboxylic acids is 2. The van der Waals surface area contributed by atoms with Gasteiger partial charge >= 0.3 is 0 Å². The first-order valence-corrected chi connectivity index (χ1v) is 10.5. The zero-order chi connectivity index (χ0) is 18.2. The molecule has 2 amide bonds. The predicted molar refractivity (Wildman–Crippen MR) is 100.0 cm³/mol. The number of hydrogen-bond donors (Lipinski definition) is 1. The second kappa shape index (κ2) is 10.1. The molecule has 9 heteroatoms. The fourth-order valence-electron chi connectivity index (χ4n) is 2.56. The number of carbonyl (C=O) groups is 2. The number of aromatic nitrogens is 2. The number of morpholine rings is 1. The molecule has 7 nitrogen and oxygen atoms in total. The van der Waals surface area contributed by atoms with E-state index in [0.29, 0.717) is 18.2 Å². The molecular weight excluding hydrogens is 360 g/mol. The summed E-state index contributed by atoms with van der Waals surface area (Å²) in [7, 11) is 0. The van der Waals surface area contributed by atoms with Crippen molar-refractivity contribution in [1.82, 2.24) is 15.1 Å². The number of amides is 2. The Kier molecular flexibility index (Phi) is 8.11. The monoisotopic (exact) mass is 386 g/mol. The van der Waals surface area contributed by atoms with Crippen LogP contribution in [0.3, 0.4) is 0 Å². The third kappa shape index (κ3) is 6.91.